The maximum Gasteiger partial charge on any atom is 0.290 e. The van der Waals surface area contributed by atoms with Crippen molar-refractivity contribution in [2.45, 2.75) is 12.5 Å². The molecule has 2 aliphatic rings. The Kier molecular flexibility index (Phi) is 4.87. The van der Waals surface area contributed by atoms with Gasteiger partial charge in [0, 0.05) is 30.5 Å². The van der Waals surface area contributed by atoms with Crippen molar-refractivity contribution in [3.05, 3.63) is 40.8 Å². The lowest BCUT2D eigenvalue weighted by Gasteiger charge is -2.24. The van der Waals surface area contributed by atoms with E-state index < -0.39 is 0 Å². The number of nitrogens with zero attached hydrogens (tertiary/aromatic N) is 2. The number of carbonyl (C=O) groups excluding carboxylic acids is 2. The van der Waals surface area contributed by atoms with Gasteiger partial charge in [-0.2, -0.15) is 0 Å². The van der Waals surface area contributed by atoms with Crippen LogP contribution in [0.25, 0.3) is 11.8 Å². The molecule has 3 N–H and O–H groups in total. The number of benzene rings is 1. The van der Waals surface area contributed by atoms with Crippen LogP contribution in [0.4, 0.5) is 10.5 Å². The van der Waals surface area contributed by atoms with E-state index in [2.05, 4.69) is 35.8 Å². The maximum absolute atomic E-state index is 11.9. The standard InChI is InChI=1S/C18H22N4O2S/c1-11(19)12-4-5-15(22-7-6-14(10-22)21(2)3)13(8-12)9-16-17(23)20-18(24)25-16/h4-5,8-9,14H,1,6-7,10,19H2,2-3H3,(H,20,23,24)/b16-9-. The molecule has 2 aliphatic heterocycles. The van der Waals surface area contributed by atoms with E-state index in [-0.39, 0.29) is 11.1 Å². The molecule has 0 radical (unpaired) electrons. The topological polar surface area (TPSA) is 78.7 Å². The van der Waals surface area contributed by atoms with Crippen LogP contribution in [0.15, 0.2) is 29.7 Å². The summed E-state index contributed by atoms with van der Waals surface area (Å²) in [5.41, 5.74) is 9.02. The molecule has 0 aromatic heterocycles. The Balaban J connectivity index is 1.98. The Labute approximate surface area is 151 Å². The average Bonchev–Trinajstić information content (AvgIpc) is 3.14. The molecule has 1 unspecified atom stereocenters. The minimum Gasteiger partial charge on any atom is -0.399 e. The molecule has 2 saturated heterocycles. The van der Waals surface area contributed by atoms with Gasteiger partial charge in [-0.15, -0.1) is 0 Å². The van der Waals surface area contributed by atoms with Crippen molar-refractivity contribution in [3.63, 3.8) is 0 Å². The molecule has 1 atom stereocenters. The van der Waals surface area contributed by atoms with Crippen molar-refractivity contribution in [1.82, 2.24) is 10.2 Å². The smallest absolute Gasteiger partial charge is 0.290 e. The highest BCUT2D eigenvalue weighted by Gasteiger charge is 2.28. The summed E-state index contributed by atoms with van der Waals surface area (Å²) in [7, 11) is 4.17. The second kappa shape index (κ2) is 6.93. The van der Waals surface area contributed by atoms with Gasteiger partial charge >= 0.3 is 0 Å². The molecule has 0 spiro atoms. The lowest BCUT2D eigenvalue weighted by Crippen LogP contribution is -2.31. The van der Waals surface area contributed by atoms with E-state index in [0.717, 1.165) is 48.1 Å². The fraction of sp³-hybridized carbons (Fsp3) is 0.333. The fourth-order valence-electron chi connectivity index (χ4n) is 3.10. The van der Waals surface area contributed by atoms with Gasteiger partial charge in [-0.25, -0.2) is 0 Å². The van der Waals surface area contributed by atoms with E-state index in [1.165, 1.54) is 0 Å². The monoisotopic (exact) mass is 358 g/mol. The van der Waals surface area contributed by atoms with Crippen LogP contribution in [-0.4, -0.2) is 49.3 Å². The van der Waals surface area contributed by atoms with E-state index in [0.29, 0.717) is 16.6 Å². The van der Waals surface area contributed by atoms with Crippen molar-refractivity contribution in [2.75, 3.05) is 32.1 Å². The quantitative estimate of drug-likeness (QED) is 0.803. The van der Waals surface area contributed by atoms with Crippen molar-refractivity contribution >= 4 is 40.4 Å². The second-order valence-corrected chi connectivity index (χ2v) is 7.52. The summed E-state index contributed by atoms with van der Waals surface area (Å²) >= 11 is 0.921. The highest BCUT2D eigenvalue weighted by Crippen LogP contribution is 2.33. The van der Waals surface area contributed by atoms with E-state index >= 15 is 0 Å². The zero-order valence-corrected chi connectivity index (χ0v) is 15.2. The number of rotatable bonds is 4. The summed E-state index contributed by atoms with van der Waals surface area (Å²) in [6.07, 6.45) is 2.84. The lowest BCUT2D eigenvalue weighted by molar-refractivity contribution is -0.115. The molecular weight excluding hydrogens is 336 g/mol. The molecule has 2 amide bonds. The van der Waals surface area contributed by atoms with Crippen molar-refractivity contribution < 1.29 is 9.59 Å². The molecule has 0 saturated carbocycles. The van der Waals surface area contributed by atoms with Gasteiger partial charge in [0.15, 0.2) is 0 Å². The summed E-state index contributed by atoms with van der Waals surface area (Å²) in [5, 5.41) is 1.95. The zero-order valence-electron chi connectivity index (χ0n) is 14.4. The van der Waals surface area contributed by atoms with Crippen molar-refractivity contribution in [1.29, 1.82) is 0 Å². The minimum atomic E-state index is -0.356. The predicted octanol–water partition coefficient (Wildman–Crippen LogP) is 2.08. The largest absolute Gasteiger partial charge is 0.399 e. The Bertz CT molecular complexity index is 772. The maximum atomic E-state index is 11.9. The van der Waals surface area contributed by atoms with Crippen LogP contribution in [0, 0.1) is 0 Å². The number of imide groups is 1. The normalized spacial score (nSPS) is 22.1. The molecule has 3 rings (SSSR count). The molecule has 132 valence electrons. The Morgan fingerprint density at radius 3 is 2.76 bits per heavy atom. The van der Waals surface area contributed by atoms with E-state index in [4.69, 9.17) is 5.73 Å². The van der Waals surface area contributed by atoms with Gasteiger partial charge in [-0.3, -0.25) is 14.9 Å². The molecule has 0 bridgehead atoms. The Morgan fingerprint density at radius 2 is 2.20 bits per heavy atom. The third-order valence-electron chi connectivity index (χ3n) is 4.56. The van der Waals surface area contributed by atoms with Gasteiger partial charge in [-0.05, 0) is 61.6 Å². The summed E-state index contributed by atoms with van der Waals surface area (Å²) < 4.78 is 0. The van der Waals surface area contributed by atoms with Crippen LogP contribution in [0.5, 0.6) is 0 Å². The number of hydrogen-bond donors (Lipinski definition) is 2. The number of hydrogen-bond acceptors (Lipinski definition) is 6. The first kappa shape index (κ1) is 17.6. The van der Waals surface area contributed by atoms with E-state index in [9.17, 15) is 9.59 Å². The third kappa shape index (κ3) is 3.72. The third-order valence-corrected chi connectivity index (χ3v) is 5.37. The number of carbonyl (C=O) groups is 2. The van der Waals surface area contributed by atoms with Gasteiger partial charge in [-0.1, -0.05) is 12.6 Å². The molecular formula is C18H22N4O2S. The van der Waals surface area contributed by atoms with Crippen LogP contribution in [0.3, 0.4) is 0 Å². The molecule has 1 aromatic carbocycles. The molecule has 0 aliphatic carbocycles. The van der Waals surface area contributed by atoms with Gasteiger partial charge in [0.05, 0.1) is 4.91 Å². The van der Waals surface area contributed by atoms with Crippen LogP contribution < -0.4 is 16.0 Å². The van der Waals surface area contributed by atoms with Crippen molar-refractivity contribution in [3.8, 4) is 0 Å². The molecule has 7 heteroatoms. The highest BCUT2D eigenvalue weighted by molar-refractivity contribution is 8.18. The van der Waals surface area contributed by atoms with Gasteiger partial charge in [0.1, 0.15) is 0 Å². The molecule has 25 heavy (non-hydrogen) atoms. The van der Waals surface area contributed by atoms with Crippen molar-refractivity contribution in [2.24, 2.45) is 5.73 Å². The summed E-state index contributed by atoms with van der Waals surface area (Å²) in [5.74, 6) is -0.356. The number of anilines is 1. The van der Waals surface area contributed by atoms with E-state index in [1.807, 2.05) is 18.2 Å². The molecule has 2 heterocycles. The second-order valence-electron chi connectivity index (χ2n) is 6.50. The number of nitrogens with two attached hydrogens (primary N) is 1. The molecule has 6 nitrogen and oxygen atoms in total. The van der Waals surface area contributed by atoms with Crippen LogP contribution in [-0.2, 0) is 4.79 Å². The minimum absolute atomic E-state index is 0.342. The summed E-state index contributed by atoms with van der Waals surface area (Å²) in [4.78, 5) is 28.3. The first-order valence-corrected chi connectivity index (χ1v) is 8.92. The highest BCUT2D eigenvalue weighted by atomic mass is 32.2. The lowest BCUT2D eigenvalue weighted by atomic mass is 10.1. The van der Waals surface area contributed by atoms with Gasteiger partial charge in [0.2, 0.25) is 0 Å². The zero-order chi connectivity index (χ0) is 18.1. The summed E-state index contributed by atoms with van der Waals surface area (Å²) in [6, 6.07) is 6.37. The average molecular weight is 358 g/mol. The Morgan fingerprint density at radius 1 is 1.44 bits per heavy atom. The van der Waals surface area contributed by atoms with Gasteiger partial charge in [0.25, 0.3) is 11.1 Å². The Hall–Kier alpha value is -2.25. The first-order valence-electron chi connectivity index (χ1n) is 8.10. The van der Waals surface area contributed by atoms with Gasteiger partial charge < -0.3 is 15.5 Å². The number of nitrogens with one attached hydrogen (secondary N) is 1. The number of likely N-dealkylation sites (N-methyl/N-ethyl adjacent to an activating group) is 1. The predicted molar refractivity (Wildman–Crippen MR) is 103 cm³/mol. The SMILES string of the molecule is C=C(N)c1ccc(N2CCC(N(C)C)C2)c(/C=C2\SC(=O)NC2=O)c1. The molecule has 1 aromatic rings. The number of amides is 2. The number of thioether (sulfide) groups is 1. The first-order chi connectivity index (χ1) is 11.8. The van der Waals surface area contributed by atoms with E-state index in [1.54, 1.807) is 6.08 Å². The van der Waals surface area contributed by atoms with Crippen LogP contribution in [0.1, 0.15) is 17.5 Å². The molecule has 2 fully saturated rings. The fourth-order valence-corrected chi connectivity index (χ4v) is 3.78. The van der Waals surface area contributed by atoms with Crippen LogP contribution in [0.2, 0.25) is 0 Å². The van der Waals surface area contributed by atoms with Crippen LogP contribution >= 0.6 is 11.8 Å². The summed E-state index contributed by atoms with van der Waals surface area (Å²) in [6.45, 7) is 5.65.